The third kappa shape index (κ3) is 4.70. The summed E-state index contributed by atoms with van der Waals surface area (Å²) >= 11 is 0. The molecule has 0 aliphatic heterocycles. The normalized spacial score (nSPS) is 16.4. The molecule has 116 valence electrons. The van der Waals surface area contributed by atoms with Crippen LogP contribution in [0.4, 0.5) is 4.39 Å². The lowest BCUT2D eigenvalue weighted by atomic mass is 10.1. The molecule has 5 heteroatoms. The van der Waals surface area contributed by atoms with Crippen LogP contribution in [-0.4, -0.2) is 30.1 Å². The Balaban J connectivity index is 1.74. The zero-order chi connectivity index (χ0) is 15.1. The van der Waals surface area contributed by atoms with Crippen LogP contribution < -0.4 is 10.6 Å². The van der Waals surface area contributed by atoms with Crippen molar-refractivity contribution in [2.24, 2.45) is 0 Å². The van der Waals surface area contributed by atoms with Gasteiger partial charge in [-0.15, -0.1) is 0 Å². The molecule has 1 aliphatic rings. The molecule has 0 atom stereocenters. The van der Waals surface area contributed by atoms with E-state index in [1.54, 1.807) is 0 Å². The number of hydrogen-bond acceptors (Lipinski definition) is 3. The SMILES string of the molecule is O=C(NCCNC1CCCCCC1)c1c(O)cccc1F. The van der Waals surface area contributed by atoms with E-state index in [0.29, 0.717) is 19.1 Å². The summed E-state index contributed by atoms with van der Waals surface area (Å²) < 4.78 is 13.5. The largest absolute Gasteiger partial charge is 0.507 e. The topological polar surface area (TPSA) is 61.4 Å². The number of amides is 1. The van der Waals surface area contributed by atoms with E-state index in [0.717, 1.165) is 0 Å². The van der Waals surface area contributed by atoms with Crippen LogP contribution in [0.5, 0.6) is 5.75 Å². The lowest BCUT2D eigenvalue weighted by molar-refractivity contribution is 0.0946. The van der Waals surface area contributed by atoms with Crippen molar-refractivity contribution in [3.05, 3.63) is 29.6 Å². The summed E-state index contributed by atoms with van der Waals surface area (Å²) in [6, 6.07) is 4.36. The van der Waals surface area contributed by atoms with Crippen LogP contribution >= 0.6 is 0 Å². The molecule has 0 saturated heterocycles. The molecule has 1 aliphatic carbocycles. The first kappa shape index (κ1) is 15.8. The summed E-state index contributed by atoms with van der Waals surface area (Å²) in [5, 5.41) is 15.6. The number of hydrogen-bond donors (Lipinski definition) is 3. The smallest absolute Gasteiger partial charge is 0.258 e. The number of aromatic hydroxyl groups is 1. The fourth-order valence-electron chi connectivity index (χ4n) is 2.76. The van der Waals surface area contributed by atoms with Crippen molar-refractivity contribution >= 4 is 5.91 Å². The molecule has 1 amide bonds. The van der Waals surface area contributed by atoms with E-state index in [-0.39, 0.29) is 11.3 Å². The third-order valence-corrected chi connectivity index (χ3v) is 3.92. The molecule has 4 nitrogen and oxygen atoms in total. The van der Waals surface area contributed by atoms with Gasteiger partial charge < -0.3 is 15.7 Å². The third-order valence-electron chi connectivity index (χ3n) is 3.92. The van der Waals surface area contributed by atoms with Gasteiger partial charge in [0, 0.05) is 19.1 Å². The lowest BCUT2D eigenvalue weighted by Crippen LogP contribution is -2.37. The van der Waals surface area contributed by atoms with Gasteiger partial charge in [0.25, 0.3) is 5.91 Å². The molecule has 0 aromatic heterocycles. The molecule has 0 radical (unpaired) electrons. The van der Waals surface area contributed by atoms with E-state index in [1.165, 1.54) is 56.7 Å². The maximum absolute atomic E-state index is 13.5. The van der Waals surface area contributed by atoms with Crippen molar-refractivity contribution in [3.8, 4) is 5.75 Å². The molecular formula is C16H23FN2O2. The second kappa shape index (κ2) is 7.98. The summed E-state index contributed by atoms with van der Waals surface area (Å²) in [4.78, 5) is 11.9. The second-order valence-corrected chi connectivity index (χ2v) is 5.53. The van der Waals surface area contributed by atoms with E-state index in [2.05, 4.69) is 10.6 Å². The first-order chi connectivity index (χ1) is 10.2. The van der Waals surface area contributed by atoms with Gasteiger partial charge in [0.15, 0.2) is 0 Å². The van der Waals surface area contributed by atoms with Crippen LogP contribution in [0, 0.1) is 5.82 Å². The highest BCUT2D eigenvalue weighted by Gasteiger charge is 2.16. The van der Waals surface area contributed by atoms with E-state index in [9.17, 15) is 14.3 Å². The molecule has 1 aromatic carbocycles. The van der Waals surface area contributed by atoms with E-state index in [4.69, 9.17) is 0 Å². The fraction of sp³-hybridized carbons (Fsp3) is 0.562. The van der Waals surface area contributed by atoms with Crippen LogP contribution in [0.2, 0.25) is 0 Å². The molecule has 1 fully saturated rings. The molecule has 0 spiro atoms. The predicted molar refractivity (Wildman–Crippen MR) is 79.9 cm³/mol. The highest BCUT2D eigenvalue weighted by molar-refractivity contribution is 5.97. The van der Waals surface area contributed by atoms with E-state index < -0.39 is 11.7 Å². The molecule has 21 heavy (non-hydrogen) atoms. The van der Waals surface area contributed by atoms with Gasteiger partial charge in [0.1, 0.15) is 17.1 Å². The number of nitrogens with one attached hydrogen (secondary N) is 2. The first-order valence-electron chi connectivity index (χ1n) is 7.67. The van der Waals surface area contributed by atoms with Crippen molar-refractivity contribution in [3.63, 3.8) is 0 Å². The minimum atomic E-state index is -0.704. The fourth-order valence-corrected chi connectivity index (χ4v) is 2.76. The monoisotopic (exact) mass is 294 g/mol. The van der Waals surface area contributed by atoms with Gasteiger partial charge in [-0.3, -0.25) is 4.79 Å². The number of halogens is 1. The quantitative estimate of drug-likeness (QED) is 0.578. The van der Waals surface area contributed by atoms with Gasteiger partial charge in [-0.1, -0.05) is 31.7 Å². The summed E-state index contributed by atoms with van der Waals surface area (Å²) in [6.45, 7) is 1.08. The average molecular weight is 294 g/mol. The van der Waals surface area contributed by atoms with Gasteiger partial charge in [0.05, 0.1) is 0 Å². The van der Waals surface area contributed by atoms with E-state index >= 15 is 0 Å². The molecule has 3 N–H and O–H groups in total. The zero-order valence-electron chi connectivity index (χ0n) is 12.2. The van der Waals surface area contributed by atoms with E-state index in [1.807, 2.05) is 0 Å². The second-order valence-electron chi connectivity index (χ2n) is 5.53. The van der Waals surface area contributed by atoms with Crippen LogP contribution in [0.15, 0.2) is 18.2 Å². The minimum Gasteiger partial charge on any atom is -0.507 e. The first-order valence-corrected chi connectivity index (χ1v) is 7.67. The molecular weight excluding hydrogens is 271 g/mol. The Kier molecular flexibility index (Phi) is 5.99. The Labute approximate surface area is 124 Å². The Bertz CT molecular complexity index is 451. The maximum Gasteiger partial charge on any atom is 0.258 e. The minimum absolute atomic E-state index is 0.285. The number of carbonyl (C=O) groups is 1. The Morgan fingerprint density at radius 3 is 2.57 bits per heavy atom. The highest BCUT2D eigenvalue weighted by atomic mass is 19.1. The molecule has 0 unspecified atom stereocenters. The van der Waals surface area contributed by atoms with Crippen molar-refractivity contribution in [1.29, 1.82) is 0 Å². The van der Waals surface area contributed by atoms with Crippen molar-refractivity contribution < 1.29 is 14.3 Å². The van der Waals surface area contributed by atoms with Gasteiger partial charge >= 0.3 is 0 Å². The molecule has 0 heterocycles. The maximum atomic E-state index is 13.5. The Hall–Kier alpha value is -1.62. The number of carbonyl (C=O) groups excluding carboxylic acids is 1. The van der Waals surface area contributed by atoms with Crippen LogP contribution in [0.25, 0.3) is 0 Å². The number of phenols is 1. The van der Waals surface area contributed by atoms with Crippen molar-refractivity contribution in [2.45, 2.75) is 44.6 Å². The zero-order valence-corrected chi connectivity index (χ0v) is 12.2. The summed E-state index contributed by atoms with van der Waals surface area (Å²) in [6.07, 6.45) is 7.49. The Morgan fingerprint density at radius 2 is 1.90 bits per heavy atom. The van der Waals surface area contributed by atoms with Crippen LogP contribution in [0.1, 0.15) is 48.9 Å². The summed E-state index contributed by atoms with van der Waals surface area (Å²) in [5.41, 5.74) is -0.285. The predicted octanol–water partition coefficient (Wildman–Crippen LogP) is 2.57. The lowest BCUT2D eigenvalue weighted by Gasteiger charge is -2.16. The van der Waals surface area contributed by atoms with Gasteiger partial charge in [-0.25, -0.2) is 4.39 Å². The number of benzene rings is 1. The summed E-state index contributed by atoms with van der Waals surface area (Å²) in [7, 11) is 0. The highest BCUT2D eigenvalue weighted by Crippen LogP contribution is 2.19. The van der Waals surface area contributed by atoms with Crippen molar-refractivity contribution in [2.75, 3.05) is 13.1 Å². The number of rotatable bonds is 5. The van der Waals surface area contributed by atoms with Gasteiger partial charge in [0.2, 0.25) is 0 Å². The molecule has 2 rings (SSSR count). The number of phenolic OH excluding ortho intramolecular Hbond substituents is 1. The van der Waals surface area contributed by atoms with Gasteiger partial charge in [-0.05, 0) is 25.0 Å². The van der Waals surface area contributed by atoms with Crippen LogP contribution in [-0.2, 0) is 0 Å². The molecule has 1 aromatic rings. The van der Waals surface area contributed by atoms with Gasteiger partial charge in [-0.2, -0.15) is 0 Å². The molecule has 0 bridgehead atoms. The standard InChI is InChI=1S/C16H23FN2O2/c17-13-8-5-9-14(20)15(13)16(21)19-11-10-18-12-6-3-1-2-4-7-12/h5,8-9,12,18,20H,1-4,6-7,10-11H2,(H,19,21). The average Bonchev–Trinajstić information content (AvgIpc) is 2.72. The molecule has 1 saturated carbocycles. The van der Waals surface area contributed by atoms with Crippen molar-refractivity contribution in [1.82, 2.24) is 10.6 Å². The summed E-state index contributed by atoms with van der Waals surface area (Å²) in [5.74, 6) is -1.61. The Morgan fingerprint density at radius 1 is 1.19 bits per heavy atom. The van der Waals surface area contributed by atoms with Crippen LogP contribution in [0.3, 0.4) is 0 Å².